The Balaban J connectivity index is 1.86. The first kappa shape index (κ1) is 25.6. The number of esters is 1. The molecule has 0 fully saturated rings. The van der Waals surface area contributed by atoms with E-state index in [2.05, 4.69) is 16.0 Å². The number of hydrogen-bond acceptors (Lipinski definition) is 6. The van der Waals surface area contributed by atoms with Crippen molar-refractivity contribution >= 4 is 23.6 Å². The Hall–Kier alpha value is -4.01. The van der Waals surface area contributed by atoms with Crippen LogP contribution in [0.25, 0.3) is 0 Å². The molecule has 2 aromatic rings. The molecular formula is C26H31N3O6. The summed E-state index contributed by atoms with van der Waals surface area (Å²) in [6, 6.07) is 10.6. The predicted molar refractivity (Wildman–Crippen MR) is 131 cm³/mol. The van der Waals surface area contributed by atoms with Gasteiger partial charge < -0.3 is 30.2 Å². The van der Waals surface area contributed by atoms with Gasteiger partial charge in [0.1, 0.15) is 0 Å². The van der Waals surface area contributed by atoms with Crippen molar-refractivity contribution in [3.8, 4) is 11.5 Å². The topological polar surface area (TPSA) is 115 Å². The molecule has 3 rings (SSSR count). The number of urea groups is 1. The molecule has 1 atom stereocenters. The third-order valence-corrected chi connectivity index (χ3v) is 5.26. The van der Waals surface area contributed by atoms with Gasteiger partial charge in [-0.1, -0.05) is 19.9 Å². The molecule has 2 aromatic carbocycles. The monoisotopic (exact) mass is 481 g/mol. The van der Waals surface area contributed by atoms with E-state index in [1.807, 2.05) is 13.8 Å². The van der Waals surface area contributed by atoms with E-state index in [1.165, 1.54) is 7.11 Å². The van der Waals surface area contributed by atoms with Gasteiger partial charge >= 0.3 is 12.0 Å². The fourth-order valence-corrected chi connectivity index (χ4v) is 3.59. The van der Waals surface area contributed by atoms with E-state index in [4.69, 9.17) is 14.2 Å². The molecule has 0 saturated heterocycles. The summed E-state index contributed by atoms with van der Waals surface area (Å²) in [5, 5.41) is 8.30. The molecule has 0 saturated carbocycles. The molecule has 0 bridgehead atoms. The van der Waals surface area contributed by atoms with Gasteiger partial charge in [0.05, 0.1) is 37.5 Å². The molecular weight excluding hydrogens is 450 g/mol. The molecule has 9 nitrogen and oxygen atoms in total. The van der Waals surface area contributed by atoms with Crippen molar-refractivity contribution in [3.63, 3.8) is 0 Å². The van der Waals surface area contributed by atoms with E-state index in [0.717, 1.165) is 0 Å². The summed E-state index contributed by atoms with van der Waals surface area (Å²) < 4.78 is 16.3. The maximum absolute atomic E-state index is 13.3. The Bertz CT molecular complexity index is 1120. The van der Waals surface area contributed by atoms with Crippen molar-refractivity contribution in [1.82, 2.24) is 10.6 Å². The highest BCUT2D eigenvalue weighted by Gasteiger charge is 2.32. The largest absolute Gasteiger partial charge is 0.493 e. The van der Waals surface area contributed by atoms with Crippen molar-refractivity contribution in [2.75, 3.05) is 25.6 Å². The van der Waals surface area contributed by atoms with E-state index in [-0.39, 0.29) is 6.61 Å². The van der Waals surface area contributed by atoms with Gasteiger partial charge in [-0.15, -0.1) is 0 Å². The van der Waals surface area contributed by atoms with Crippen LogP contribution < -0.4 is 25.4 Å². The third kappa shape index (κ3) is 6.32. The van der Waals surface area contributed by atoms with Crippen LogP contribution >= 0.6 is 0 Å². The molecule has 0 aliphatic carbocycles. The average molecular weight is 482 g/mol. The number of nitrogens with one attached hydrogen (secondary N) is 3. The van der Waals surface area contributed by atoms with Crippen LogP contribution in [0, 0.1) is 5.92 Å². The molecule has 1 heterocycles. The second kappa shape index (κ2) is 11.4. The zero-order valence-electron chi connectivity index (χ0n) is 20.6. The van der Waals surface area contributed by atoms with E-state index >= 15 is 0 Å². The second-order valence-electron chi connectivity index (χ2n) is 8.44. The number of allylic oxidation sites excluding steroid dienone is 1. The smallest absolute Gasteiger partial charge is 0.338 e. The minimum Gasteiger partial charge on any atom is -0.493 e. The van der Waals surface area contributed by atoms with Crippen LogP contribution in [-0.4, -0.2) is 38.2 Å². The van der Waals surface area contributed by atoms with E-state index in [0.29, 0.717) is 52.1 Å². The summed E-state index contributed by atoms with van der Waals surface area (Å²) in [4.78, 5) is 37.4. The molecule has 35 heavy (non-hydrogen) atoms. The molecule has 0 spiro atoms. The summed E-state index contributed by atoms with van der Waals surface area (Å²) in [6.45, 7) is 8.31. The first-order chi connectivity index (χ1) is 16.7. The molecule has 0 aromatic heterocycles. The fraction of sp³-hybridized carbons (Fsp3) is 0.346. The number of anilines is 1. The minimum absolute atomic E-state index is 0.278. The first-order valence-electron chi connectivity index (χ1n) is 11.4. The Labute approximate surface area is 204 Å². The van der Waals surface area contributed by atoms with Crippen LogP contribution in [0.3, 0.4) is 0 Å². The Morgan fingerprint density at radius 1 is 1.09 bits per heavy atom. The number of ether oxygens (including phenoxy) is 3. The molecule has 0 radical (unpaired) electrons. The van der Waals surface area contributed by atoms with Crippen molar-refractivity contribution in [3.05, 3.63) is 64.9 Å². The predicted octanol–water partition coefficient (Wildman–Crippen LogP) is 4.17. The quantitative estimate of drug-likeness (QED) is 0.463. The van der Waals surface area contributed by atoms with Gasteiger partial charge in [-0.3, -0.25) is 4.79 Å². The highest BCUT2D eigenvalue weighted by Crippen LogP contribution is 2.34. The van der Waals surface area contributed by atoms with E-state index in [9.17, 15) is 14.4 Å². The number of hydrogen-bond donors (Lipinski definition) is 3. The van der Waals surface area contributed by atoms with Crippen molar-refractivity contribution < 1.29 is 28.6 Å². The lowest BCUT2D eigenvalue weighted by Crippen LogP contribution is -2.46. The van der Waals surface area contributed by atoms with Crippen molar-refractivity contribution in [2.45, 2.75) is 33.7 Å². The maximum Gasteiger partial charge on any atom is 0.338 e. The van der Waals surface area contributed by atoms with Crippen LogP contribution in [-0.2, 0) is 9.53 Å². The maximum atomic E-state index is 13.3. The lowest BCUT2D eigenvalue weighted by Gasteiger charge is -2.29. The van der Waals surface area contributed by atoms with Gasteiger partial charge in [-0.2, -0.15) is 0 Å². The number of carbonyl (C=O) groups is 3. The number of benzene rings is 2. The molecule has 1 unspecified atom stereocenters. The number of rotatable bonds is 9. The normalized spacial score (nSPS) is 15.3. The van der Waals surface area contributed by atoms with Gasteiger partial charge in [0.2, 0.25) is 0 Å². The summed E-state index contributed by atoms with van der Waals surface area (Å²) in [5.41, 5.74) is 2.32. The van der Waals surface area contributed by atoms with E-state index < -0.39 is 23.9 Å². The summed E-state index contributed by atoms with van der Waals surface area (Å²) in [6.07, 6.45) is 0. The number of amides is 3. The summed E-state index contributed by atoms with van der Waals surface area (Å²) >= 11 is 0. The fourth-order valence-electron chi connectivity index (χ4n) is 3.59. The zero-order valence-corrected chi connectivity index (χ0v) is 20.6. The SMILES string of the molecule is CCOC(=O)c1ccc(NC(=O)C2=C(C)NC(=O)NC2c2ccc(OCC(C)C)c(OC)c2)cc1. The highest BCUT2D eigenvalue weighted by atomic mass is 16.5. The Morgan fingerprint density at radius 3 is 2.43 bits per heavy atom. The van der Waals surface area contributed by atoms with Crippen LogP contribution in [0.5, 0.6) is 11.5 Å². The average Bonchev–Trinajstić information content (AvgIpc) is 2.82. The molecule has 1 aliphatic rings. The number of methoxy groups -OCH3 is 1. The molecule has 3 amide bonds. The zero-order chi connectivity index (χ0) is 25.5. The van der Waals surface area contributed by atoms with Crippen molar-refractivity contribution in [1.29, 1.82) is 0 Å². The molecule has 186 valence electrons. The minimum atomic E-state index is -0.712. The first-order valence-corrected chi connectivity index (χ1v) is 11.4. The molecule has 3 N–H and O–H groups in total. The summed E-state index contributed by atoms with van der Waals surface area (Å²) in [7, 11) is 1.54. The van der Waals surface area contributed by atoms with Crippen LogP contribution in [0.4, 0.5) is 10.5 Å². The molecule has 9 heteroatoms. The van der Waals surface area contributed by atoms with Gasteiger partial charge in [-0.05, 0) is 61.7 Å². The third-order valence-electron chi connectivity index (χ3n) is 5.26. The molecule has 1 aliphatic heterocycles. The van der Waals surface area contributed by atoms with Crippen LogP contribution in [0.2, 0.25) is 0 Å². The van der Waals surface area contributed by atoms with Crippen molar-refractivity contribution in [2.24, 2.45) is 5.92 Å². The van der Waals surface area contributed by atoms with Crippen LogP contribution in [0.1, 0.15) is 49.7 Å². The van der Waals surface area contributed by atoms with Crippen LogP contribution in [0.15, 0.2) is 53.7 Å². The second-order valence-corrected chi connectivity index (χ2v) is 8.44. The van der Waals surface area contributed by atoms with Gasteiger partial charge in [0.15, 0.2) is 11.5 Å². The van der Waals surface area contributed by atoms with Gasteiger partial charge in [0.25, 0.3) is 5.91 Å². The van der Waals surface area contributed by atoms with Gasteiger partial charge in [0, 0.05) is 11.4 Å². The van der Waals surface area contributed by atoms with E-state index in [1.54, 1.807) is 56.3 Å². The number of carbonyl (C=O) groups excluding carboxylic acids is 3. The summed E-state index contributed by atoms with van der Waals surface area (Å²) in [5.74, 6) is 0.595. The lowest BCUT2D eigenvalue weighted by molar-refractivity contribution is -0.113. The Kier molecular flexibility index (Phi) is 8.35. The Morgan fingerprint density at radius 2 is 1.80 bits per heavy atom. The van der Waals surface area contributed by atoms with Gasteiger partial charge in [-0.25, -0.2) is 9.59 Å². The standard InChI is InChI=1S/C26H31N3O6/c1-6-34-25(31)17-7-10-19(11-8-17)28-24(30)22-16(4)27-26(32)29-23(22)18-9-12-20(21(13-18)33-5)35-14-15(2)3/h7-13,15,23H,6,14H2,1-5H3,(H,28,30)(H2,27,29,32). The lowest BCUT2D eigenvalue weighted by atomic mass is 9.94. The highest BCUT2D eigenvalue weighted by molar-refractivity contribution is 6.07.